The molecule has 10 heteroatoms. The first-order valence-corrected chi connectivity index (χ1v) is 17.8. The molecule has 258 valence electrons. The van der Waals surface area contributed by atoms with Crippen molar-refractivity contribution < 1.29 is 48.7 Å². The minimum atomic E-state index is -1.11. The van der Waals surface area contributed by atoms with Crippen LogP contribution in [0.3, 0.4) is 0 Å². The predicted octanol–water partition coefficient (Wildman–Crippen LogP) is 4.63. The summed E-state index contributed by atoms with van der Waals surface area (Å²) in [4.78, 5) is 41.8. The molecule has 9 aliphatic rings. The average molecular weight is 647 g/mol. The van der Waals surface area contributed by atoms with Gasteiger partial charge in [0.25, 0.3) is 0 Å². The summed E-state index contributed by atoms with van der Waals surface area (Å²) in [6.45, 7) is 7.85. The summed E-state index contributed by atoms with van der Waals surface area (Å²) in [7, 11) is 0. The number of esters is 3. The van der Waals surface area contributed by atoms with Crippen LogP contribution in [0.15, 0.2) is 0 Å². The van der Waals surface area contributed by atoms with Gasteiger partial charge < -0.3 is 34.3 Å². The van der Waals surface area contributed by atoms with Crippen LogP contribution in [0.25, 0.3) is 0 Å². The van der Waals surface area contributed by atoms with Crippen molar-refractivity contribution in [1.29, 1.82) is 0 Å². The molecule has 0 amide bonds. The molecule has 1 heterocycles. The molecule has 0 aromatic heterocycles. The Morgan fingerprint density at radius 2 is 1.30 bits per heavy atom. The third-order valence-corrected chi connectivity index (χ3v) is 13.0. The minimum Gasteiger partial charge on any atom is -0.458 e. The molecule has 3 N–H and O–H groups in total. The fraction of sp³-hybridized carbons (Fsp3) is 0.917. The number of hydrogen-bond donors (Lipinski definition) is 3. The highest BCUT2D eigenvalue weighted by atomic mass is 16.7. The van der Waals surface area contributed by atoms with Gasteiger partial charge in [0, 0.05) is 38.5 Å². The van der Waals surface area contributed by atoms with Crippen LogP contribution in [0.2, 0.25) is 0 Å². The Morgan fingerprint density at radius 3 is 1.85 bits per heavy atom. The third kappa shape index (κ3) is 5.61. The zero-order valence-electron chi connectivity index (χ0n) is 28.2. The molecule has 46 heavy (non-hydrogen) atoms. The molecule has 8 unspecified atom stereocenters. The largest absolute Gasteiger partial charge is 0.458 e. The molecule has 0 aromatic carbocycles. The Morgan fingerprint density at radius 1 is 0.739 bits per heavy atom. The van der Waals surface area contributed by atoms with Gasteiger partial charge in [0.2, 0.25) is 6.29 Å². The molecule has 1 saturated heterocycles. The molecule has 0 spiro atoms. The lowest BCUT2D eigenvalue weighted by molar-refractivity contribution is -0.265. The van der Waals surface area contributed by atoms with Gasteiger partial charge in [0.05, 0.1) is 39.7 Å². The second kappa shape index (κ2) is 10.4. The van der Waals surface area contributed by atoms with E-state index in [9.17, 15) is 29.7 Å². The maximum absolute atomic E-state index is 14.2. The van der Waals surface area contributed by atoms with Crippen LogP contribution in [0, 0.1) is 28.1 Å². The van der Waals surface area contributed by atoms with Gasteiger partial charge in [-0.25, -0.2) is 0 Å². The number of hydrogen-bond acceptors (Lipinski definition) is 10. The summed E-state index contributed by atoms with van der Waals surface area (Å²) >= 11 is 0. The zero-order valence-corrected chi connectivity index (χ0v) is 28.2. The van der Waals surface area contributed by atoms with Crippen molar-refractivity contribution in [3.8, 4) is 0 Å². The SMILES string of the molecule is CCC(C)(CC(C)(C)C(=O)OC12CC3CC(O)(CC(O)(C3)C1)C2)C(=O)OC12CC3CC(O)(C1)CC(C(=O)OC1CCCCO1)(C3)C2. The van der Waals surface area contributed by atoms with Crippen molar-refractivity contribution in [2.45, 2.75) is 171 Å². The number of aliphatic hydroxyl groups is 3. The molecular weight excluding hydrogens is 592 g/mol. The predicted molar refractivity (Wildman–Crippen MR) is 164 cm³/mol. The van der Waals surface area contributed by atoms with Crippen LogP contribution in [-0.2, 0) is 33.3 Å². The molecule has 8 saturated carbocycles. The lowest BCUT2D eigenvalue weighted by Crippen LogP contribution is -2.67. The van der Waals surface area contributed by atoms with E-state index in [0.717, 1.165) is 12.8 Å². The monoisotopic (exact) mass is 646 g/mol. The van der Waals surface area contributed by atoms with Gasteiger partial charge in [-0.2, -0.15) is 0 Å². The Kier molecular flexibility index (Phi) is 7.40. The van der Waals surface area contributed by atoms with Crippen molar-refractivity contribution in [2.24, 2.45) is 28.1 Å². The van der Waals surface area contributed by atoms with Crippen molar-refractivity contribution >= 4 is 17.9 Å². The van der Waals surface area contributed by atoms with Crippen molar-refractivity contribution in [3.63, 3.8) is 0 Å². The Bertz CT molecular complexity index is 1270. The smallest absolute Gasteiger partial charge is 0.314 e. The molecule has 8 bridgehead atoms. The highest BCUT2D eigenvalue weighted by molar-refractivity contribution is 5.82. The molecule has 8 atom stereocenters. The standard InChI is InChI=1S/C36H54O10/c1-5-30(4,16-29(2,3)26(37)45-36-15-24-12-33(41,21-36)19-34(42,13-24)22-36)27(38)46-35-14-23-10-31(18-35,17-32(40,11-23)20-35)28(39)44-25-8-6-7-9-43-25/h23-25,40-42H,5-22H2,1-4H3. The molecule has 8 aliphatic carbocycles. The van der Waals surface area contributed by atoms with E-state index in [2.05, 4.69) is 0 Å². The molecule has 0 radical (unpaired) electrons. The van der Waals surface area contributed by atoms with E-state index < -0.39 is 62.5 Å². The van der Waals surface area contributed by atoms with Gasteiger partial charge in [-0.05, 0) is 103 Å². The zero-order chi connectivity index (χ0) is 33.0. The fourth-order valence-electron chi connectivity index (χ4n) is 12.1. The van der Waals surface area contributed by atoms with Crippen molar-refractivity contribution in [2.75, 3.05) is 6.61 Å². The van der Waals surface area contributed by atoms with E-state index in [4.69, 9.17) is 18.9 Å². The highest BCUT2D eigenvalue weighted by Crippen LogP contribution is 2.65. The van der Waals surface area contributed by atoms with Crippen LogP contribution in [0.5, 0.6) is 0 Å². The molecular formula is C36H54O10. The van der Waals surface area contributed by atoms with Gasteiger partial charge in [0.15, 0.2) is 0 Å². The summed E-state index contributed by atoms with van der Waals surface area (Å²) < 4.78 is 24.3. The first-order valence-electron chi connectivity index (χ1n) is 17.8. The number of ether oxygens (including phenoxy) is 4. The van der Waals surface area contributed by atoms with Crippen molar-refractivity contribution in [3.05, 3.63) is 0 Å². The van der Waals surface area contributed by atoms with E-state index in [0.29, 0.717) is 90.1 Å². The van der Waals surface area contributed by atoms with Crippen LogP contribution >= 0.6 is 0 Å². The second-order valence-corrected chi connectivity index (χ2v) is 18.3. The number of carbonyl (C=O) groups is 3. The molecule has 9 fully saturated rings. The third-order valence-electron chi connectivity index (χ3n) is 13.0. The van der Waals surface area contributed by atoms with Crippen LogP contribution < -0.4 is 0 Å². The maximum atomic E-state index is 14.2. The molecule has 10 nitrogen and oxygen atoms in total. The minimum absolute atomic E-state index is 0.0399. The topological polar surface area (TPSA) is 149 Å². The highest BCUT2D eigenvalue weighted by Gasteiger charge is 2.69. The van der Waals surface area contributed by atoms with Crippen LogP contribution in [-0.4, -0.2) is 74.1 Å². The van der Waals surface area contributed by atoms with Gasteiger partial charge in [0.1, 0.15) is 11.2 Å². The van der Waals surface area contributed by atoms with Crippen molar-refractivity contribution in [1.82, 2.24) is 0 Å². The number of rotatable bonds is 9. The van der Waals surface area contributed by atoms with Gasteiger partial charge >= 0.3 is 17.9 Å². The van der Waals surface area contributed by atoms with Gasteiger partial charge in [-0.15, -0.1) is 0 Å². The Labute approximate surface area is 272 Å². The van der Waals surface area contributed by atoms with Gasteiger partial charge in [-0.3, -0.25) is 14.4 Å². The average Bonchev–Trinajstić information content (AvgIpc) is 2.89. The molecule has 9 rings (SSSR count). The molecule has 0 aromatic rings. The van der Waals surface area contributed by atoms with E-state index in [1.165, 1.54) is 0 Å². The first kappa shape index (κ1) is 32.8. The van der Waals surface area contributed by atoms with E-state index in [1.54, 1.807) is 13.8 Å². The van der Waals surface area contributed by atoms with Crippen LogP contribution in [0.1, 0.15) is 137 Å². The summed E-state index contributed by atoms with van der Waals surface area (Å²) in [5.41, 5.74) is -8.04. The summed E-state index contributed by atoms with van der Waals surface area (Å²) in [5, 5.41) is 34.0. The maximum Gasteiger partial charge on any atom is 0.314 e. The summed E-state index contributed by atoms with van der Waals surface area (Å²) in [6.07, 6.45) is 8.13. The second-order valence-electron chi connectivity index (χ2n) is 18.3. The normalized spacial score (nSPS) is 46.9. The van der Waals surface area contributed by atoms with Gasteiger partial charge in [-0.1, -0.05) is 6.92 Å². The quantitative estimate of drug-likeness (QED) is 0.239. The van der Waals surface area contributed by atoms with E-state index in [1.807, 2.05) is 13.8 Å². The summed E-state index contributed by atoms with van der Waals surface area (Å²) in [6, 6.07) is 0. The first-order chi connectivity index (χ1) is 21.3. The molecule has 1 aliphatic heterocycles. The summed E-state index contributed by atoms with van der Waals surface area (Å²) in [5.74, 6) is -1.07. The Balaban J connectivity index is 1.06. The lowest BCUT2D eigenvalue weighted by atomic mass is 9.46. The van der Waals surface area contributed by atoms with E-state index >= 15 is 0 Å². The number of carbonyl (C=O) groups excluding carboxylic acids is 3. The van der Waals surface area contributed by atoms with Crippen LogP contribution in [0.4, 0.5) is 0 Å². The van der Waals surface area contributed by atoms with E-state index in [-0.39, 0.29) is 30.6 Å². The fourth-order valence-corrected chi connectivity index (χ4v) is 12.1. The lowest BCUT2D eigenvalue weighted by Gasteiger charge is -2.63. The Hall–Kier alpha value is -1.75.